The zero-order valence-corrected chi connectivity index (χ0v) is 11.1. The van der Waals surface area contributed by atoms with Gasteiger partial charge in [0.15, 0.2) is 0 Å². The summed E-state index contributed by atoms with van der Waals surface area (Å²) in [6.45, 7) is 2.40. The van der Waals surface area contributed by atoms with Gasteiger partial charge in [0.05, 0.1) is 12.5 Å². The number of thiophene rings is 1. The summed E-state index contributed by atoms with van der Waals surface area (Å²) >= 11 is 1.31. The molecule has 2 heterocycles. The van der Waals surface area contributed by atoms with Gasteiger partial charge in [-0.05, 0) is 24.8 Å². The molecule has 1 N–H and O–H groups in total. The summed E-state index contributed by atoms with van der Waals surface area (Å²) in [5.41, 5.74) is -0.833. The van der Waals surface area contributed by atoms with Gasteiger partial charge in [-0.3, -0.25) is 9.59 Å². The number of likely N-dealkylation sites (tertiary alicyclic amines) is 1. The van der Waals surface area contributed by atoms with Gasteiger partial charge in [0.1, 0.15) is 10.6 Å². The zero-order chi connectivity index (χ0) is 13.3. The molecule has 1 saturated heterocycles. The first-order valence-electron chi connectivity index (χ1n) is 5.62. The molecule has 5 nitrogen and oxygen atoms in total. The molecule has 1 aliphatic heterocycles. The van der Waals surface area contributed by atoms with Crippen molar-refractivity contribution < 1.29 is 19.4 Å². The Labute approximate surface area is 109 Å². The van der Waals surface area contributed by atoms with Crippen molar-refractivity contribution >= 4 is 23.2 Å². The number of carbonyl (C=O) groups is 2. The quantitative estimate of drug-likeness (QED) is 0.906. The van der Waals surface area contributed by atoms with Crippen LogP contribution in [0.15, 0.2) is 11.4 Å². The van der Waals surface area contributed by atoms with E-state index >= 15 is 0 Å². The summed E-state index contributed by atoms with van der Waals surface area (Å²) in [6.07, 6.45) is 0.488. The first-order valence-corrected chi connectivity index (χ1v) is 6.50. The van der Waals surface area contributed by atoms with Gasteiger partial charge in [-0.1, -0.05) is 0 Å². The second kappa shape index (κ2) is 4.61. The van der Waals surface area contributed by atoms with Crippen LogP contribution in [-0.2, 0) is 4.79 Å². The van der Waals surface area contributed by atoms with Crippen LogP contribution in [0.5, 0.6) is 5.75 Å². The molecule has 0 unspecified atom stereocenters. The fourth-order valence-electron chi connectivity index (χ4n) is 2.07. The number of ether oxygens (including phenoxy) is 1. The molecule has 2 rings (SSSR count). The second-order valence-corrected chi connectivity index (χ2v) is 5.58. The van der Waals surface area contributed by atoms with Crippen LogP contribution >= 0.6 is 11.3 Å². The van der Waals surface area contributed by atoms with E-state index in [1.54, 1.807) is 23.3 Å². The Hall–Kier alpha value is -1.56. The lowest BCUT2D eigenvalue weighted by Gasteiger charge is -2.20. The zero-order valence-electron chi connectivity index (χ0n) is 10.3. The number of rotatable bonds is 3. The molecule has 0 saturated carbocycles. The van der Waals surface area contributed by atoms with Gasteiger partial charge in [0.25, 0.3) is 5.91 Å². The molecule has 0 spiro atoms. The number of nitrogens with zero attached hydrogens (tertiary/aromatic N) is 1. The molecule has 0 bridgehead atoms. The van der Waals surface area contributed by atoms with Crippen LogP contribution in [-0.4, -0.2) is 42.1 Å². The Kier molecular flexibility index (Phi) is 3.30. The van der Waals surface area contributed by atoms with E-state index in [0.29, 0.717) is 23.6 Å². The number of hydrogen-bond donors (Lipinski definition) is 1. The predicted octanol–water partition coefficient (Wildman–Crippen LogP) is 1.69. The van der Waals surface area contributed by atoms with E-state index < -0.39 is 11.4 Å². The van der Waals surface area contributed by atoms with Crippen LogP contribution in [0.3, 0.4) is 0 Å². The molecule has 1 amide bonds. The largest absolute Gasteiger partial charge is 0.495 e. The molecule has 6 heteroatoms. The maximum atomic E-state index is 12.3. The highest BCUT2D eigenvalue weighted by Gasteiger charge is 2.42. The van der Waals surface area contributed by atoms with Gasteiger partial charge >= 0.3 is 5.97 Å². The Morgan fingerprint density at radius 2 is 2.28 bits per heavy atom. The van der Waals surface area contributed by atoms with Crippen LogP contribution in [0.4, 0.5) is 0 Å². The molecule has 1 aromatic rings. The van der Waals surface area contributed by atoms with Crippen LogP contribution in [0.1, 0.15) is 23.0 Å². The second-order valence-electron chi connectivity index (χ2n) is 4.66. The number of hydrogen-bond acceptors (Lipinski definition) is 4. The van der Waals surface area contributed by atoms with Gasteiger partial charge in [-0.2, -0.15) is 0 Å². The van der Waals surface area contributed by atoms with Crippen molar-refractivity contribution in [3.05, 3.63) is 16.3 Å². The lowest BCUT2D eigenvalue weighted by atomic mass is 9.90. The summed E-state index contributed by atoms with van der Waals surface area (Å²) in [4.78, 5) is 25.5. The van der Waals surface area contributed by atoms with Crippen LogP contribution in [0.25, 0.3) is 0 Å². The van der Waals surface area contributed by atoms with E-state index in [-0.39, 0.29) is 12.5 Å². The molecule has 18 heavy (non-hydrogen) atoms. The van der Waals surface area contributed by atoms with Gasteiger partial charge < -0.3 is 14.7 Å². The predicted molar refractivity (Wildman–Crippen MR) is 67.1 cm³/mol. The summed E-state index contributed by atoms with van der Waals surface area (Å²) in [6, 6.07) is 1.74. The fraction of sp³-hybridized carbons (Fsp3) is 0.500. The van der Waals surface area contributed by atoms with Crippen molar-refractivity contribution in [2.24, 2.45) is 5.41 Å². The minimum absolute atomic E-state index is 0.146. The number of methoxy groups -OCH3 is 1. The third-order valence-electron chi connectivity index (χ3n) is 3.32. The van der Waals surface area contributed by atoms with Crippen LogP contribution in [0, 0.1) is 5.41 Å². The number of carboxylic acids is 1. The van der Waals surface area contributed by atoms with Crippen molar-refractivity contribution in [3.63, 3.8) is 0 Å². The SMILES string of the molecule is COc1ccsc1C(=O)N1CC[C@@](C)(C(=O)O)C1. The summed E-state index contributed by atoms with van der Waals surface area (Å²) in [7, 11) is 1.52. The number of carbonyl (C=O) groups excluding carboxylic acids is 1. The standard InChI is InChI=1S/C12H15NO4S/c1-12(11(15)16)4-5-13(7-12)10(14)9-8(17-2)3-6-18-9/h3,6H,4-5,7H2,1-2H3,(H,15,16)/t12-/m1/s1. The third-order valence-corrected chi connectivity index (χ3v) is 4.20. The minimum atomic E-state index is -0.851. The van der Waals surface area contributed by atoms with Crippen molar-refractivity contribution in [1.82, 2.24) is 4.90 Å². The summed E-state index contributed by atoms with van der Waals surface area (Å²) < 4.78 is 5.11. The van der Waals surface area contributed by atoms with Crippen molar-refractivity contribution in [1.29, 1.82) is 0 Å². The molecule has 1 aromatic heterocycles. The molecule has 1 atom stereocenters. The Balaban J connectivity index is 2.15. The van der Waals surface area contributed by atoms with Crippen LogP contribution < -0.4 is 4.74 Å². The number of carboxylic acid groups (broad SMARTS) is 1. The average Bonchev–Trinajstić information content (AvgIpc) is 2.94. The Bertz CT molecular complexity index is 484. The third kappa shape index (κ3) is 2.08. The minimum Gasteiger partial charge on any atom is -0.495 e. The number of aliphatic carboxylic acids is 1. The van der Waals surface area contributed by atoms with Crippen molar-refractivity contribution in [2.45, 2.75) is 13.3 Å². The molecule has 0 aliphatic carbocycles. The van der Waals surface area contributed by atoms with E-state index in [1.807, 2.05) is 0 Å². The Morgan fingerprint density at radius 1 is 1.56 bits per heavy atom. The summed E-state index contributed by atoms with van der Waals surface area (Å²) in [5, 5.41) is 10.9. The first-order chi connectivity index (χ1) is 8.48. The first kappa shape index (κ1) is 12.9. The van der Waals surface area contributed by atoms with Crippen molar-refractivity contribution in [2.75, 3.05) is 20.2 Å². The van der Waals surface area contributed by atoms with Gasteiger partial charge in [0.2, 0.25) is 0 Å². The van der Waals surface area contributed by atoms with E-state index in [1.165, 1.54) is 18.4 Å². The lowest BCUT2D eigenvalue weighted by Crippen LogP contribution is -2.34. The van der Waals surface area contributed by atoms with Crippen molar-refractivity contribution in [3.8, 4) is 5.75 Å². The lowest BCUT2D eigenvalue weighted by molar-refractivity contribution is -0.147. The molecule has 1 aliphatic rings. The average molecular weight is 269 g/mol. The smallest absolute Gasteiger partial charge is 0.311 e. The normalized spacial score (nSPS) is 23.1. The monoisotopic (exact) mass is 269 g/mol. The molecular weight excluding hydrogens is 254 g/mol. The maximum absolute atomic E-state index is 12.3. The highest BCUT2D eigenvalue weighted by Crippen LogP contribution is 2.33. The van der Waals surface area contributed by atoms with Crippen LogP contribution in [0.2, 0.25) is 0 Å². The Morgan fingerprint density at radius 3 is 2.83 bits per heavy atom. The number of amides is 1. The molecular formula is C12H15NO4S. The van der Waals surface area contributed by atoms with E-state index in [4.69, 9.17) is 9.84 Å². The highest BCUT2D eigenvalue weighted by molar-refractivity contribution is 7.12. The van der Waals surface area contributed by atoms with E-state index in [9.17, 15) is 9.59 Å². The van der Waals surface area contributed by atoms with E-state index in [2.05, 4.69) is 0 Å². The highest BCUT2D eigenvalue weighted by atomic mass is 32.1. The fourth-order valence-corrected chi connectivity index (χ4v) is 2.89. The van der Waals surface area contributed by atoms with E-state index in [0.717, 1.165) is 0 Å². The molecule has 0 radical (unpaired) electrons. The summed E-state index contributed by atoms with van der Waals surface area (Å²) in [5.74, 6) is -0.448. The van der Waals surface area contributed by atoms with Gasteiger partial charge in [0, 0.05) is 13.1 Å². The maximum Gasteiger partial charge on any atom is 0.311 e. The van der Waals surface area contributed by atoms with Gasteiger partial charge in [-0.15, -0.1) is 11.3 Å². The van der Waals surface area contributed by atoms with Gasteiger partial charge in [-0.25, -0.2) is 0 Å². The molecule has 98 valence electrons. The molecule has 0 aromatic carbocycles. The molecule has 1 fully saturated rings. The topological polar surface area (TPSA) is 66.8 Å².